The van der Waals surface area contributed by atoms with E-state index in [-0.39, 0.29) is 30.0 Å². The fraction of sp³-hybridized carbons (Fsp3) is 0.161. The number of aromatic hydroxyl groups is 1. The van der Waals surface area contributed by atoms with E-state index in [9.17, 15) is 23.8 Å². The molecule has 5 aromatic rings. The standard InChI is InChI=1S/C31H26F2N2O5/c1-18-23(20-6-3-2-4-7-20)8-5-9-24(18)29-35-25-15-21(27(40-31(32)33)16-28(25)39-29)17-34-26(30(37)38)14-19-10-12-22(36)13-11-19/h2-13,15-16,26,31,34,36H,14,17H2,1H3,(H,37,38)/t26-/m0/s1. The third kappa shape index (κ3) is 5.94. The molecular weight excluding hydrogens is 518 g/mol. The number of fused-ring (bicyclic) bond motifs is 1. The molecule has 1 atom stereocenters. The highest BCUT2D eigenvalue weighted by Gasteiger charge is 2.21. The van der Waals surface area contributed by atoms with Crippen LogP contribution in [0.1, 0.15) is 16.7 Å². The van der Waals surface area contributed by atoms with Crippen LogP contribution in [0.4, 0.5) is 8.78 Å². The summed E-state index contributed by atoms with van der Waals surface area (Å²) in [4.78, 5) is 16.5. The predicted molar refractivity (Wildman–Crippen MR) is 146 cm³/mol. The number of phenolic OH excluding ortho intramolecular Hbond substituents is 1. The number of rotatable bonds is 10. The maximum Gasteiger partial charge on any atom is 0.387 e. The fourth-order valence-electron chi connectivity index (χ4n) is 4.60. The van der Waals surface area contributed by atoms with Crippen molar-refractivity contribution < 1.29 is 32.9 Å². The van der Waals surface area contributed by atoms with Crippen molar-refractivity contribution in [2.75, 3.05) is 0 Å². The van der Waals surface area contributed by atoms with Crippen molar-refractivity contribution in [2.45, 2.75) is 32.5 Å². The zero-order chi connectivity index (χ0) is 28.2. The number of ether oxygens (including phenoxy) is 1. The van der Waals surface area contributed by atoms with E-state index in [0.29, 0.717) is 22.5 Å². The lowest BCUT2D eigenvalue weighted by Crippen LogP contribution is -2.38. The number of aromatic nitrogens is 1. The Bertz CT molecular complexity index is 1640. The molecular formula is C31H26F2N2O5. The van der Waals surface area contributed by atoms with Gasteiger partial charge < -0.3 is 19.4 Å². The number of carbonyl (C=O) groups is 1. The maximum absolute atomic E-state index is 13.3. The van der Waals surface area contributed by atoms with Crippen molar-refractivity contribution >= 4 is 17.1 Å². The molecule has 0 radical (unpaired) electrons. The lowest BCUT2D eigenvalue weighted by atomic mass is 9.96. The second kappa shape index (κ2) is 11.5. The summed E-state index contributed by atoms with van der Waals surface area (Å²) in [7, 11) is 0. The molecule has 0 aliphatic rings. The van der Waals surface area contributed by atoms with Crippen molar-refractivity contribution in [1.29, 1.82) is 0 Å². The van der Waals surface area contributed by atoms with E-state index in [4.69, 9.17) is 9.15 Å². The van der Waals surface area contributed by atoms with Crippen LogP contribution in [0.3, 0.4) is 0 Å². The average Bonchev–Trinajstić information content (AvgIpc) is 3.34. The Morgan fingerprint density at radius 2 is 1.73 bits per heavy atom. The van der Waals surface area contributed by atoms with Crippen LogP contribution in [0, 0.1) is 6.92 Å². The summed E-state index contributed by atoms with van der Waals surface area (Å²) >= 11 is 0. The smallest absolute Gasteiger partial charge is 0.387 e. The number of benzene rings is 4. The minimum Gasteiger partial charge on any atom is -0.508 e. The Kier molecular flexibility index (Phi) is 7.75. The number of nitrogens with one attached hydrogen (secondary N) is 1. The van der Waals surface area contributed by atoms with E-state index in [0.717, 1.165) is 22.3 Å². The number of hydrogen-bond acceptors (Lipinski definition) is 6. The van der Waals surface area contributed by atoms with Gasteiger partial charge in [0, 0.05) is 23.7 Å². The summed E-state index contributed by atoms with van der Waals surface area (Å²) in [6, 6.07) is 23.7. The van der Waals surface area contributed by atoms with Gasteiger partial charge in [-0.1, -0.05) is 54.6 Å². The van der Waals surface area contributed by atoms with Gasteiger partial charge in [-0.05, 0) is 59.9 Å². The summed E-state index contributed by atoms with van der Waals surface area (Å²) < 4.78 is 37.3. The minimum absolute atomic E-state index is 0.0691. The first-order valence-electron chi connectivity index (χ1n) is 12.6. The first kappa shape index (κ1) is 26.8. The molecule has 0 saturated heterocycles. The van der Waals surface area contributed by atoms with Crippen LogP contribution in [-0.4, -0.2) is 33.8 Å². The molecule has 0 aliphatic carbocycles. The Morgan fingerprint density at radius 3 is 2.42 bits per heavy atom. The molecule has 7 nitrogen and oxygen atoms in total. The van der Waals surface area contributed by atoms with Crippen LogP contribution < -0.4 is 10.1 Å². The number of carboxylic acid groups (broad SMARTS) is 1. The highest BCUT2D eigenvalue weighted by Crippen LogP contribution is 2.35. The van der Waals surface area contributed by atoms with Crippen molar-refractivity contribution in [1.82, 2.24) is 10.3 Å². The molecule has 0 amide bonds. The third-order valence-electron chi connectivity index (χ3n) is 6.65. The van der Waals surface area contributed by atoms with Gasteiger partial charge in [-0.2, -0.15) is 8.78 Å². The van der Waals surface area contributed by atoms with Gasteiger partial charge in [-0.15, -0.1) is 0 Å². The molecule has 5 rings (SSSR count). The zero-order valence-electron chi connectivity index (χ0n) is 21.5. The summed E-state index contributed by atoms with van der Waals surface area (Å²) in [5.74, 6) is -0.849. The monoisotopic (exact) mass is 544 g/mol. The highest BCUT2D eigenvalue weighted by atomic mass is 19.3. The Balaban J connectivity index is 1.45. The highest BCUT2D eigenvalue weighted by molar-refractivity contribution is 5.82. The van der Waals surface area contributed by atoms with Crippen LogP contribution in [0.2, 0.25) is 0 Å². The molecule has 40 heavy (non-hydrogen) atoms. The van der Waals surface area contributed by atoms with Gasteiger partial charge in [0.25, 0.3) is 0 Å². The lowest BCUT2D eigenvalue weighted by Gasteiger charge is -2.16. The van der Waals surface area contributed by atoms with Crippen molar-refractivity contribution in [3.63, 3.8) is 0 Å². The Hall–Kier alpha value is -4.76. The molecule has 204 valence electrons. The van der Waals surface area contributed by atoms with Gasteiger partial charge in [-0.3, -0.25) is 10.1 Å². The Labute approximate surface area is 228 Å². The summed E-state index contributed by atoms with van der Waals surface area (Å²) in [6.07, 6.45) is 0.119. The maximum atomic E-state index is 13.3. The quantitative estimate of drug-likeness (QED) is 0.183. The number of phenols is 1. The van der Waals surface area contributed by atoms with E-state index in [1.165, 1.54) is 18.2 Å². The normalized spacial score (nSPS) is 12.1. The van der Waals surface area contributed by atoms with Crippen molar-refractivity contribution in [3.05, 3.63) is 102 Å². The third-order valence-corrected chi connectivity index (χ3v) is 6.65. The first-order valence-corrected chi connectivity index (χ1v) is 12.6. The minimum atomic E-state index is -3.09. The number of hydrogen-bond donors (Lipinski definition) is 3. The molecule has 0 bridgehead atoms. The van der Waals surface area contributed by atoms with Crippen LogP contribution in [-0.2, 0) is 17.8 Å². The van der Waals surface area contributed by atoms with Crippen LogP contribution in [0.15, 0.2) is 89.3 Å². The SMILES string of the molecule is Cc1c(-c2ccccc2)cccc1-c1nc2cc(CN[C@@H](Cc3ccc(O)cc3)C(=O)O)c(OC(F)F)cc2o1. The van der Waals surface area contributed by atoms with Crippen LogP contribution in [0.5, 0.6) is 11.5 Å². The number of halogens is 2. The fourth-order valence-corrected chi connectivity index (χ4v) is 4.60. The molecule has 3 N–H and O–H groups in total. The second-order valence-electron chi connectivity index (χ2n) is 9.31. The molecule has 4 aromatic carbocycles. The zero-order valence-corrected chi connectivity index (χ0v) is 21.5. The van der Waals surface area contributed by atoms with Crippen LogP contribution >= 0.6 is 0 Å². The van der Waals surface area contributed by atoms with Gasteiger partial charge in [0.2, 0.25) is 5.89 Å². The lowest BCUT2D eigenvalue weighted by molar-refractivity contribution is -0.139. The molecule has 0 fully saturated rings. The van der Waals surface area contributed by atoms with Gasteiger partial charge in [0.1, 0.15) is 23.1 Å². The van der Waals surface area contributed by atoms with E-state index in [1.54, 1.807) is 18.2 Å². The molecule has 0 unspecified atom stereocenters. The van der Waals surface area contributed by atoms with E-state index in [1.807, 2.05) is 55.5 Å². The molecule has 1 aromatic heterocycles. The van der Waals surface area contributed by atoms with Gasteiger partial charge >= 0.3 is 12.6 Å². The Morgan fingerprint density at radius 1 is 1.00 bits per heavy atom. The van der Waals surface area contributed by atoms with E-state index < -0.39 is 18.6 Å². The predicted octanol–water partition coefficient (Wildman–Crippen LogP) is 6.56. The molecule has 1 heterocycles. The van der Waals surface area contributed by atoms with Gasteiger partial charge in [0.05, 0.1) is 0 Å². The second-order valence-corrected chi connectivity index (χ2v) is 9.31. The molecule has 0 saturated carbocycles. The molecule has 9 heteroatoms. The number of nitrogens with zero attached hydrogens (tertiary/aromatic N) is 1. The van der Waals surface area contributed by atoms with E-state index >= 15 is 0 Å². The summed E-state index contributed by atoms with van der Waals surface area (Å²) in [5.41, 5.74) is 5.43. The largest absolute Gasteiger partial charge is 0.508 e. The van der Waals surface area contributed by atoms with Crippen molar-refractivity contribution in [3.8, 4) is 34.1 Å². The number of oxazole rings is 1. The summed E-state index contributed by atoms with van der Waals surface area (Å²) in [6.45, 7) is -1.19. The van der Waals surface area contributed by atoms with Gasteiger partial charge in [0.15, 0.2) is 5.58 Å². The summed E-state index contributed by atoms with van der Waals surface area (Å²) in [5, 5.41) is 22.1. The number of carboxylic acids is 1. The average molecular weight is 545 g/mol. The molecule has 0 spiro atoms. The van der Waals surface area contributed by atoms with Crippen molar-refractivity contribution in [2.24, 2.45) is 0 Å². The van der Waals surface area contributed by atoms with Crippen LogP contribution in [0.25, 0.3) is 33.7 Å². The van der Waals surface area contributed by atoms with E-state index in [2.05, 4.69) is 10.3 Å². The van der Waals surface area contributed by atoms with Gasteiger partial charge in [-0.25, -0.2) is 4.98 Å². The first-order chi connectivity index (χ1) is 19.3. The number of aliphatic carboxylic acids is 1. The molecule has 0 aliphatic heterocycles. The number of alkyl halides is 2. The topological polar surface area (TPSA) is 105 Å².